The van der Waals surface area contributed by atoms with Crippen LogP contribution in [0.5, 0.6) is 0 Å². The van der Waals surface area contributed by atoms with E-state index in [2.05, 4.69) is 9.88 Å². The first-order valence-corrected chi connectivity index (χ1v) is 6.84. The number of rotatable bonds is 9. The smallest absolute Gasteiger partial charge is 0.360 e. The second kappa shape index (κ2) is 8.79. The fraction of sp³-hybridized carbons (Fsp3) is 0.667. The molecule has 2 atom stereocenters. The molecule has 0 saturated carbocycles. The number of nitrogens with two attached hydrogens (primary N) is 2. The maximum Gasteiger partial charge on any atom is 0.360 e. The molecule has 0 aliphatic heterocycles. The Kier molecular flexibility index (Phi) is 8.19. The van der Waals surface area contributed by atoms with E-state index in [0.29, 0.717) is 0 Å². The molecule has 2 unspecified atom stereocenters. The second-order valence-electron chi connectivity index (χ2n) is 2.82. The Morgan fingerprint density at radius 3 is 2.22 bits per heavy atom. The van der Waals surface area contributed by atoms with Crippen LogP contribution in [-0.4, -0.2) is 45.7 Å². The fourth-order valence-electron chi connectivity index (χ4n) is 0.511. The molecule has 0 bridgehead atoms. The van der Waals surface area contributed by atoms with Crippen molar-refractivity contribution in [2.24, 2.45) is 11.5 Å². The quantitative estimate of drug-likeness (QED) is 0.153. The predicted molar refractivity (Wildman–Crippen MR) is 62.7 cm³/mol. The summed E-state index contributed by atoms with van der Waals surface area (Å²) in [5, 5.41) is 16.9. The first-order chi connectivity index (χ1) is 8.34. The fourth-order valence-corrected chi connectivity index (χ4v) is 2.73. The second-order valence-corrected chi connectivity index (χ2v) is 5.37. The lowest BCUT2D eigenvalue weighted by molar-refractivity contribution is -0.839. The van der Waals surface area contributed by atoms with Gasteiger partial charge in [0.2, 0.25) is 0 Å². The molecule has 10 nitrogen and oxygen atoms in total. The SMILES string of the molecule is NC(CSSCC(N)C(=O)OO[N+](=O)[O-])C(=O)O. The highest BCUT2D eigenvalue weighted by Gasteiger charge is 2.18. The van der Waals surface area contributed by atoms with Gasteiger partial charge in [-0.2, -0.15) is 0 Å². The lowest BCUT2D eigenvalue weighted by atomic mass is 10.4. The molecule has 0 fully saturated rings. The van der Waals surface area contributed by atoms with Crippen LogP contribution >= 0.6 is 21.6 Å². The third-order valence-corrected chi connectivity index (χ3v) is 3.85. The van der Waals surface area contributed by atoms with E-state index in [9.17, 15) is 19.7 Å². The van der Waals surface area contributed by atoms with Crippen LogP contribution in [0, 0.1) is 10.1 Å². The zero-order valence-corrected chi connectivity index (χ0v) is 10.5. The van der Waals surface area contributed by atoms with Crippen LogP contribution in [0.4, 0.5) is 0 Å². The predicted octanol–water partition coefficient (Wildman–Crippen LogP) is -1.23. The summed E-state index contributed by atoms with van der Waals surface area (Å²) in [7, 11) is 2.20. The molecular weight excluding hydrogens is 290 g/mol. The third-order valence-electron chi connectivity index (χ3n) is 1.38. The molecule has 0 aromatic carbocycles. The molecule has 12 heteroatoms. The zero-order chi connectivity index (χ0) is 14.1. The molecule has 0 aliphatic carbocycles. The molecule has 0 radical (unpaired) electrons. The van der Waals surface area contributed by atoms with E-state index in [1.54, 1.807) is 0 Å². The summed E-state index contributed by atoms with van der Waals surface area (Å²) in [4.78, 5) is 38.2. The number of aliphatic carboxylic acids is 1. The number of carboxylic acids is 1. The minimum atomic E-state index is -1.29. The van der Waals surface area contributed by atoms with E-state index in [0.717, 1.165) is 21.6 Å². The summed E-state index contributed by atoms with van der Waals surface area (Å²) in [6.45, 7) is 0. The highest BCUT2D eigenvalue weighted by Crippen LogP contribution is 2.22. The van der Waals surface area contributed by atoms with Gasteiger partial charge in [-0.1, -0.05) is 26.6 Å². The summed E-state index contributed by atoms with van der Waals surface area (Å²) < 4.78 is 0. The summed E-state index contributed by atoms with van der Waals surface area (Å²) in [6.07, 6.45) is 0. The Morgan fingerprint density at radius 1 is 1.28 bits per heavy atom. The third kappa shape index (κ3) is 7.94. The number of hydrogen-bond donors (Lipinski definition) is 3. The van der Waals surface area contributed by atoms with Gasteiger partial charge in [-0.05, 0) is 0 Å². The van der Waals surface area contributed by atoms with Crippen LogP contribution in [0.1, 0.15) is 0 Å². The van der Waals surface area contributed by atoms with Crippen molar-refractivity contribution in [2.75, 3.05) is 11.5 Å². The molecule has 0 rings (SSSR count). The van der Waals surface area contributed by atoms with Gasteiger partial charge in [-0.25, -0.2) is 4.79 Å². The van der Waals surface area contributed by atoms with Crippen LogP contribution in [0.15, 0.2) is 0 Å². The molecule has 0 aliphatic rings. The Hall–Kier alpha value is -1.24. The Balaban J connectivity index is 3.69. The largest absolute Gasteiger partial charge is 0.480 e. The van der Waals surface area contributed by atoms with Gasteiger partial charge in [0, 0.05) is 11.5 Å². The van der Waals surface area contributed by atoms with Crippen molar-refractivity contribution in [3.8, 4) is 0 Å². The lowest BCUT2D eigenvalue weighted by Crippen LogP contribution is -2.35. The van der Waals surface area contributed by atoms with Crippen molar-refractivity contribution in [2.45, 2.75) is 12.1 Å². The van der Waals surface area contributed by atoms with Gasteiger partial charge >= 0.3 is 17.0 Å². The molecular formula is C6H11N3O7S2. The Bertz CT molecular complexity index is 316. The molecule has 5 N–H and O–H groups in total. The first-order valence-electron chi connectivity index (χ1n) is 4.35. The van der Waals surface area contributed by atoms with E-state index in [1.807, 2.05) is 0 Å². The van der Waals surface area contributed by atoms with Crippen molar-refractivity contribution in [1.29, 1.82) is 0 Å². The number of carbonyl (C=O) groups excluding carboxylic acids is 1. The Labute approximate surface area is 109 Å². The number of nitrogens with zero attached hydrogens (tertiary/aromatic N) is 1. The van der Waals surface area contributed by atoms with E-state index in [-0.39, 0.29) is 11.5 Å². The zero-order valence-electron chi connectivity index (χ0n) is 8.88. The average Bonchev–Trinajstić information content (AvgIpc) is 2.30. The highest BCUT2D eigenvalue weighted by atomic mass is 33.1. The van der Waals surface area contributed by atoms with Gasteiger partial charge < -0.3 is 16.6 Å². The van der Waals surface area contributed by atoms with Crippen molar-refractivity contribution in [3.63, 3.8) is 0 Å². The van der Waals surface area contributed by atoms with Gasteiger partial charge in [-0.3, -0.25) is 9.68 Å². The minimum absolute atomic E-state index is 0.0664. The van der Waals surface area contributed by atoms with Gasteiger partial charge in [0.05, 0.1) is 0 Å². The van der Waals surface area contributed by atoms with E-state index >= 15 is 0 Å². The Morgan fingerprint density at radius 2 is 1.78 bits per heavy atom. The summed E-state index contributed by atoms with van der Waals surface area (Å²) >= 11 is 0. The van der Waals surface area contributed by atoms with Gasteiger partial charge in [-0.15, -0.1) is 10.1 Å². The van der Waals surface area contributed by atoms with E-state index < -0.39 is 29.1 Å². The molecule has 0 aromatic heterocycles. The van der Waals surface area contributed by atoms with Crippen LogP contribution < -0.4 is 11.5 Å². The monoisotopic (exact) mass is 301 g/mol. The topological polar surface area (TPSA) is 168 Å². The number of carbonyl (C=O) groups is 2. The van der Waals surface area contributed by atoms with Crippen LogP contribution in [0.25, 0.3) is 0 Å². The van der Waals surface area contributed by atoms with Crippen molar-refractivity contribution >= 4 is 33.5 Å². The van der Waals surface area contributed by atoms with E-state index in [1.165, 1.54) is 0 Å². The lowest BCUT2D eigenvalue weighted by Gasteiger charge is -2.08. The maximum atomic E-state index is 11.0. The van der Waals surface area contributed by atoms with Gasteiger partial charge in [0.15, 0.2) is 0 Å². The van der Waals surface area contributed by atoms with Gasteiger partial charge in [0.1, 0.15) is 12.1 Å². The first kappa shape index (κ1) is 16.8. The van der Waals surface area contributed by atoms with Crippen LogP contribution in [0.2, 0.25) is 0 Å². The molecule has 0 amide bonds. The summed E-state index contributed by atoms with van der Waals surface area (Å²) in [5.41, 5.74) is 10.5. The van der Waals surface area contributed by atoms with Gasteiger partial charge in [0.25, 0.3) is 0 Å². The van der Waals surface area contributed by atoms with Crippen molar-refractivity contribution in [3.05, 3.63) is 10.1 Å². The standard InChI is InChI=1S/C6H11N3O7S2/c7-3(5(10)11)1-17-18-2-4(8)6(12)15-16-9(13)14/h3-4H,1-2,7-8H2,(H,10,11). The normalized spacial score (nSPS) is 13.4. The van der Waals surface area contributed by atoms with Crippen molar-refractivity contribution < 1.29 is 29.7 Å². The summed E-state index contributed by atoms with van der Waals surface area (Å²) in [5.74, 6) is -2.03. The van der Waals surface area contributed by atoms with Crippen molar-refractivity contribution in [1.82, 2.24) is 0 Å². The summed E-state index contributed by atoms with van der Waals surface area (Å²) in [6, 6.07) is -2.13. The molecule has 0 heterocycles. The van der Waals surface area contributed by atoms with Crippen LogP contribution in [-0.2, 0) is 19.5 Å². The average molecular weight is 301 g/mol. The highest BCUT2D eigenvalue weighted by molar-refractivity contribution is 8.76. The number of hydrogen-bond acceptors (Lipinski definition) is 10. The number of carboxylic acid groups (broad SMARTS) is 1. The van der Waals surface area contributed by atoms with E-state index in [4.69, 9.17) is 16.6 Å². The van der Waals surface area contributed by atoms with Crippen LogP contribution in [0.3, 0.4) is 0 Å². The molecule has 0 saturated heterocycles. The molecule has 18 heavy (non-hydrogen) atoms. The molecule has 0 aromatic rings. The molecule has 0 spiro atoms. The maximum absolute atomic E-state index is 11.0. The molecule has 104 valence electrons. The minimum Gasteiger partial charge on any atom is -0.480 e.